The fraction of sp³-hybridized carbons (Fsp3) is 0.143. The molecule has 3 rings (SSSR count). The van der Waals surface area contributed by atoms with Crippen LogP contribution >= 0.6 is 0 Å². The van der Waals surface area contributed by atoms with Gasteiger partial charge in [-0.2, -0.15) is 0 Å². The number of benzene rings is 2. The Hall–Kier alpha value is -3.74. The van der Waals surface area contributed by atoms with E-state index in [1.807, 2.05) is 44.2 Å². The van der Waals surface area contributed by atoms with Crippen LogP contribution in [-0.4, -0.2) is 21.8 Å². The second-order valence-electron chi connectivity index (χ2n) is 6.43. The lowest BCUT2D eigenvalue weighted by molar-refractivity contribution is -0.114. The van der Waals surface area contributed by atoms with E-state index in [0.29, 0.717) is 17.2 Å². The van der Waals surface area contributed by atoms with Crippen molar-refractivity contribution in [3.05, 3.63) is 71.7 Å². The highest BCUT2D eigenvalue weighted by molar-refractivity contribution is 6.02. The molecule has 0 atom stereocenters. The number of aromatic nitrogens is 2. The fourth-order valence-electron chi connectivity index (χ4n) is 2.55. The van der Waals surface area contributed by atoms with Crippen LogP contribution in [0.2, 0.25) is 0 Å². The third-order valence-corrected chi connectivity index (χ3v) is 4.10. The number of anilines is 4. The highest BCUT2D eigenvalue weighted by Crippen LogP contribution is 2.19. The van der Waals surface area contributed by atoms with E-state index < -0.39 is 0 Å². The van der Waals surface area contributed by atoms with Crippen molar-refractivity contribution in [3.63, 3.8) is 0 Å². The molecule has 0 radical (unpaired) electrons. The Morgan fingerprint density at radius 1 is 0.821 bits per heavy atom. The molecule has 0 fully saturated rings. The van der Waals surface area contributed by atoms with Crippen molar-refractivity contribution in [2.24, 2.45) is 0 Å². The summed E-state index contributed by atoms with van der Waals surface area (Å²) in [5, 5.41) is 8.63. The van der Waals surface area contributed by atoms with Gasteiger partial charge in [-0.05, 0) is 55.3 Å². The molecule has 7 heteroatoms. The molecule has 1 heterocycles. The maximum absolute atomic E-state index is 12.4. The first-order valence-electron chi connectivity index (χ1n) is 8.76. The minimum Gasteiger partial charge on any atom is -0.339 e. The third-order valence-electron chi connectivity index (χ3n) is 4.10. The molecule has 3 aromatic rings. The molecule has 0 aliphatic rings. The van der Waals surface area contributed by atoms with Gasteiger partial charge in [0, 0.05) is 24.0 Å². The summed E-state index contributed by atoms with van der Waals surface area (Å²) in [7, 11) is 0. The summed E-state index contributed by atoms with van der Waals surface area (Å²) in [6.45, 7) is 5.46. The van der Waals surface area contributed by atoms with Crippen LogP contribution < -0.4 is 16.0 Å². The molecule has 3 N–H and O–H groups in total. The third kappa shape index (κ3) is 4.91. The molecule has 1 aromatic heterocycles. The highest BCUT2D eigenvalue weighted by Gasteiger charge is 2.09. The number of amides is 2. The maximum atomic E-state index is 12.4. The first-order valence-corrected chi connectivity index (χ1v) is 8.76. The van der Waals surface area contributed by atoms with Crippen molar-refractivity contribution >= 4 is 34.7 Å². The van der Waals surface area contributed by atoms with Crippen LogP contribution in [-0.2, 0) is 4.79 Å². The maximum Gasteiger partial charge on any atom is 0.275 e. The Bertz CT molecular complexity index is 1020. The quantitative estimate of drug-likeness (QED) is 0.625. The normalized spacial score (nSPS) is 10.2. The largest absolute Gasteiger partial charge is 0.339 e. The number of nitrogens with zero attached hydrogens (tertiary/aromatic N) is 2. The van der Waals surface area contributed by atoms with Crippen molar-refractivity contribution < 1.29 is 9.59 Å². The summed E-state index contributed by atoms with van der Waals surface area (Å²) < 4.78 is 0. The average Bonchev–Trinajstić information content (AvgIpc) is 2.65. The number of hydrogen-bond acceptors (Lipinski definition) is 5. The van der Waals surface area contributed by atoms with Gasteiger partial charge in [-0.1, -0.05) is 12.1 Å². The second kappa shape index (κ2) is 8.30. The van der Waals surface area contributed by atoms with E-state index in [1.165, 1.54) is 19.3 Å². The smallest absolute Gasteiger partial charge is 0.275 e. The van der Waals surface area contributed by atoms with Crippen LogP contribution in [0.5, 0.6) is 0 Å². The van der Waals surface area contributed by atoms with Gasteiger partial charge in [-0.25, -0.2) is 9.97 Å². The summed E-state index contributed by atoms with van der Waals surface area (Å²) in [6, 6.07) is 12.9. The van der Waals surface area contributed by atoms with Crippen LogP contribution in [0.4, 0.5) is 22.9 Å². The minimum absolute atomic E-state index is 0.143. The van der Waals surface area contributed by atoms with Crippen molar-refractivity contribution in [1.82, 2.24) is 9.97 Å². The number of carbonyl (C=O) groups is 2. The van der Waals surface area contributed by atoms with Gasteiger partial charge in [0.05, 0.1) is 12.4 Å². The van der Waals surface area contributed by atoms with Crippen LogP contribution in [0.15, 0.2) is 54.9 Å². The van der Waals surface area contributed by atoms with Gasteiger partial charge in [0.15, 0.2) is 0 Å². The topological polar surface area (TPSA) is 96.0 Å². The first kappa shape index (κ1) is 19.0. The molecule has 0 saturated carbocycles. The van der Waals surface area contributed by atoms with Crippen molar-refractivity contribution in [3.8, 4) is 0 Å². The fourth-order valence-corrected chi connectivity index (χ4v) is 2.55. The summed E-state index contributed by atoms with van der Waals surface area (Å²) in [5.74, 6) is 0.0220. The van der Waals surface area contributed by atoms with Gasteiger partial charge in [0.25, 0.3) is 5.91 Å². The Kier molecular flexibility index (Phi) is 5.64. The molecule has 142 valence electrons. The minimum atomic E-state index is -0.324. The second-order valence-corrected chi connectivity index (χ2v) is 6.43. The standard InChI is InChI=1S/C21H21N5O2/c1-13-7-8-18(9-14(13)2)26-21(28)19-11-23-20(12-22-19)25-17-6-4-5-16(10-17)24-15(3)27/h4-12H,1-3H3,(H,23,25)(H,24,27)(H,26,28). The summed E-state index contributed by atoms with van der Waals surface area (Å²) in [6.07, 6.45) is 2.90. The van der Waals surface area contributed by atoms with Gasteiger partial charge < -0.3 is 16.0 Å². The van der Waals surface area contributed by atoms with E-state index in [-0.39, 0.29) is 17.5 Å². The SMILES string of the molecule is CC(=O)Nc1cccc(Nc2cnc(C(=O)Nc3ccc(C)c(C)c3)cn2)c1. The number of carbonyl (C=O) groups excluding carboxylic acids is 2. The zero-order chi connectivity index (χ0) is 20.1. The summed E-state index contributed by atoms with van der Waals surface area (Å²) in [5.41, 5.74) is 4.62. The van der Waals surface area contributed by atoms with Crippen LogP contribution in [0.1, 0.15) is 28.5 Å². The molecule has 28 heavy (non-hydrogen) atoms. The van der Waals surface area contributed by atoms with Crippen LogP contribution in [0.3, 0.4) is 0 Å². The van der Waals surface area contributed by atoms with Gasteiger partial charge in [0.1, 0.15) is 11.5 Å². The van der Waals surface area contributed by atoms with Gasteiger partial charge in [0.2, 0.25) is 5.91 Å². The molecular formula is C21H21N5O2. The lowest BCUT2D eigenvalue weighted by atomic mass is 10.1. The number of nitrogens with one attached hydrogen (secondary N) is 3. The van der Waals surface area contributed by atoms with E-state index in [2.05, 4.69) is 25.9 Å². The molecule has 0 aliphatic carbocycles. The lowest BCUT2D eigenvalue weighted by Crippen LogP contribution is -2.14. The highest BCUT2D eigenvalue weighted by atomic mass is 16.2. The predicted molar refractivity (Wildman–Crippen MR) is 110 cm³/mol. The predicted octanol–water partition coefficient (Wildman–Crippen LogP) is 4.05. The first-order chi connectivity index (χ1) is 13.4. The van der Waals surface area contributed by atoms with Crippen molar-refractivity contribution in [2.75, 3.05) is 16.0 Å². The average molecular weight is 375 g/mol. The molecule has 0 saturated heterocycles. The van der Waals surface area contributed by atoms with Gasteiger partial charge in [-0.3, -0.25) is 9.59 Å². The van der Waals surface area contributed by atoms with Crippen molar-refractivity contribution in [1.29, 1.82) is 0 Å². The Labute approximate surface area is 163 Å². The summed E-state index contributed by atoms with van der Waals surface area (Å²) >= 11 is 0. The van der Waals surface area contributed by atoms with E-state index in [4.69, 9.17) is 0 Å². The summed E-state index contributed by atoms with van der Waals surface area (Å²) in [4.78, 5) is 31.9. The molecule has 0 spiro atoms. The molecule has 7 nitrogen and oxygen atoms in total. The monoisotopic (exact) mass is 375 g/mol. The Morgan fingerprint density at radius 3 is 2.25 bits per heavy atom. The zero-order valence-electron chi connectivity index (χ0n) is 15.9. The number of aryl methyl sites for hydroxylation is 2. The molecule has 2 aromatic carbocycles. The molecule has 2 amide bonds. The van der Waals surface area contributed by atoms with Gasteiger partial charge in [-0.15, -0.1) is 0 Å². The molecule has 0 aliphatic heterocycles. The van der Waals surface area contributed by atoms with E-state index in [1.54, 1.807) is 12.1 Å². The van der Waals surface area contributed by atoms with E-state index in [0.717, 1.165) is 16.8 Å². The van der Waals surface area contributed by atoms with Crippen LogP contribution in [0.25, 0.3) is 0 Å². The Morgan fingerprint density at radius 2 is 1.57 bits per heavy atom. The molecular weight excluding hydrogens is 354 g/mol. The lowest BCUT2D eigenvalue weighted by Gasteiger charge is -2.09. The Balaban J connectivity index is 1.66. The van der Waals surface area contributed by atoms with Crippen molar-refractivity contribution in [2.45, 2.75) is 20.8 Å². The molecule has 0 unspecified atom stereocenters. The van der Waals surface area contributed by atoms with E-state index >= 15 is 0 Å². The van der Waals surface area contributed by atoms with E-state index in [9.17, 15) is 9.59 Å². The van der Waals surface area contributed by atoms with Crippen LogP contribution in [0, 0.1) is 13.8 Å². The van der Waals surface area contributed by atoms with Gasteiger partial charge >= 0.3 is 0 Å². The number of hydrogen-bond donors (Lipinski definition) is 3. The zero-order valence-corrected chi connectivity index (χ0v) is 15.9. The molecule has 0 bridgehead atoms. The number of rotatable bonds is 5.